The zero-order valence-electron chi connectivity index (χ0n) is 12.4. The summed E-state index contributed by atoms with van der Waals surface area (Å²) in [5.74, 6) is 0.000172. The molecular formula is C15H20ClNO5. The quantitative estimate of drug-likeness (QED) is 0.501. The van der Waals surface area contributed by atoms with Gasteiger partial charge in [-0.2, -0.15) is 0 Å². The van der Waals surface area contributed by atoms with Crippen LogP contribution in [0.4, 0.5) is 0 Å². The molecule has 0 aromatic heterocycles. The number of aliphatic hydroxyl groups excluding tert-OH is 1. The molecule has 0 heterocycles. The van der Waals surface area contributed by atoms with Crippen molar-refractivity contribution in [3.8, 4) is 5.75 Å². The Balaban J connectivity index is 2.39. The fraction of sp³-hybridized carbons (Fsp3) is 0.467. The Kier molecular flexibility index (Phi) is 8.50. The maximum absolute atomic E-state index is 12.1. The molecule has 1 aromatic rings. The van der Waals surface area contributed by atoms with Crippen molar-refractivity contribution in [3.63, 3.8) is 0 Å². The van der Waals surface area contributed by atoms with Gasteiger partial charge in [-0.15, -0.1) is 0 Å². The highest BCUT2D eigenvalue weighted by molar-refractivity contribution is 6.31. The van der Waals surface area contributed by atoms with Crippen molar-refractivity contribution in [1.82, 2.24) is 5.32 Å². The maximum atomic E-state index is 12.1. The molecule has 6 nitrogen and oxygen atoms in total. The monoisotopic (exact) mass is 329 g/mol. The molecule has 0 saturated heterocycles. The molecule has 0 atom stereocenters. The minimum absolute atomic E-state index is 0.0517. The van der Waals surface area contributed by atoms with E-state index in [1.54, 1.807) is 12.1 Å². The van der Waals surface area contributed by atoms with E-state index >= 15 is 0 Å². The number of methoxy groups -OCH3 is 1. The van der Waals surface area contributed by atoms with Crippen LogP contribution in [0.3, 0.4) is 0 Å². The number of Topliss-reactive ketones (excluding diaryl/α,β-unsaturated/α-hetero) is 1. The van der Waals surface area contributed by atoms with Gasteiger partial charge in [0.2, 0.25) is 5.91 Å². The molecule has 0 aliphatic carbocycles. The molecular weight excluding hydrogens is 310 g/mol. The summed E-state index contributed by atoms with van der Waals surface area (Å²) >= 11 is 5.87. The number of aliphatic hydroxyl groups is 1. The van der Waals surface area contributed by atoms with Crippen molar-refractivity contribution in [2.75, 3.05) is 33.5 Å². The summed E-state index contributed by atoms with van der Waals surface area (Å²) in [7, 11) is 1.47. The van der Waals surface area contributed by atoms with Crippen molar-refractivity contribution in [3.05, 3.63) is 28.8 Å². The highest BCUT2D eigenvalue weighted by Crippen LogP contribution is 2.24. The lowest BCUT2D eigenvalue weighted by Gasteiger charge is -2.08. The Labute approximate surface area is 134 Å². The highest BCUT2D eigenvalue weighted by atomic mass is 35.5. The summed E-state index contributed by atoms with van der Waals surface area (Å²) in [5, 5.41) is 11.6. The Morgan fingerprint density at radius 3 is 2.73 bits per heavy atom. The second-order valence-electron chi connectivity index (χ2n) is 4.45. The first kappa shape index (κ1) is 18.4. The molecule has 22 heavy (non-hydrogen) atoms. The SMILES string of the molecule is COc1ccc(Cl)cc1C(=O)CCC(=O)NCCOCCO. The number of ether oxygens (including phenoxy) is 2. The zero-order valence-corrected chi connectivity index (χ0v) is 13.2. The van der Waals surface area contributed by atoms with E-state index in [4.69, 9.17) is 26.2 Å². The number of ketones is 1. The predicted molar refractivity (Wildman–Crippen MR) is 82.5 cm³/mol. The van der Waals surface area contributed by atoms with E-state index in [1.807, 2.05) is 0 Å². The zero-order chi connectivity index (χ0) is 16.4. The van der Waals surface area contributed by atoms with Gasteiger partial charge in [0.25, 0.3) is 0 Å². The smallest absolute Gasteiger partial charge is 0.220 e. The minimum Gasteiger partial charge on any atom is -0.496 e. The number of hydrogen-bond acceptors (Lipinski definition) is 5. The summed E-state index contributed by atoms with van der Waals surface area (Å²) in [6, 6.07) is 4.79. The van der Waals surface area contributed by atoms with Crippen LogP contribution < -0.4 is 10.1 Å². The van der Waals surface area contributed by atoms with Crippen LogP contribution in [0.2, 0.25) is 5.02 Å². The van der Waals surface area contributed by atoms with E-state index < -0.39 is 0 Å². The first-order chi connectivity index (χ1) is 10.6. The third-order valence-electron chi connectivity index (χ3n) is 2.85. The minimum atomic E-state index is -0.234. The van der Waals surface area contributed by atoms with E-state index in [2.05, 4.69) is 5.32 Å². The lowest BCUT2D eigenvalue weighted by molar-refractivity contribution is -0.121. The molecule has 0 saturated carbocycles. The lowest BCUT2D eigenvalue weighted by atomic mass is 10.1. The van der Waals surface area contributed by atoms with Gasteiger partial charge in [0.15, 0.2) is 5.78 Å². The van der Waals surface area contributed by atoms with Crippen LogP contribution >= 0.6 is 11.6 Å². The van der Waals surface area contributed by atoms with Crippen molar-refractivity contribution < 1.29 is 24.2 Å². The van der Waals surface area contributed by atoms with Crippen LogP contribution in [-0.4, -0.2) is 50.3 Å². The number of carbonyl (C=O) groups is 2. The fourth-order valence-corrected chi connectivity index (χ4v) is 1.95. The number of carbonyl (C=O) groups excluding carboxylic acids is 2. The lowest BCUT2D eigenvalue weighted by Crippen LogP contribution is -2.27. The molecule has 122 valence electrons. The van der Waals surface area contributed by atoms with Gasteiger partial charge in [-0.3, -0.25) is 9.59 Å². The molecule has 0 unspecified atom stereocenters. The van der Waals surface area contributed by atoms with Crippen molar-refractivity contribution in [1.29, 1.82) is 0 Å². The molecule has 2 N–H and O–H groups in total. The van der Waals surface area contributed by atoms with Crippen molar-refractivity contribution >= 4 is 23.3 Å². The summed E-state index contributed by atoms with van der Waals surface area (Å²) in [6.45, 7) is 0.850. The summed E-state index contributed by atoms with van der Waals surface area (Å²) < 4.78 is 10.1. The second kappa shape index (κ2) is 10.2. The largest absolute Gasteiger partial charge is 0.496 e. The van der Waals surface area contributed by atoms with Gasteiger partial charge in [-0.25, -0.2) is 0 Å². The number of hydrogen-bond donors (Lipinski definition) is 2. The van der Waals surface area contributed by atoms with Gasteiger partial charge >= 0.3 is 0 Å². The van der Waals surface area contributed by atoms with E-state index in [0.29, 0.717) is 29.5 Å². The third-order valence-corrected chi connectivity index (χ3v) is 3.08. The molecule has 0 aliphatic rings. The number of halogens is 1. The van der Waals surface area contributed by atoms with Gasteiger partial charge in [-0.05, 0) is 18.2 Å². The first-order valence-corrected chi connectivity index (χ1v) is 7.28. The normalized spacial score (nSPS) is 10.3. The van der Waals surface area contributed by atoms with Crippen molar-refractivity contribution in [2.24, 2.45) is 0 Å². The van der Waals surface area contributed by atoms with Crippen LogP contribution in [0.5, 0.6) is 5.75 Å². The Morgan fingerprint density at radius 2 is 2.05 bits per heavy atom. The molecule has 7 heteroatoms. The van der Waals surface area contributed by atoms with Crippen LogP contribution in [0.1, 0.15) is 23.2 Å². The fourth-order valence-electron chi connectivity index (χ4n) is 1.78. The average molecular weight is 330 g/mol. The molecule has 0 radical (unpaired) electrons. The van der Waals surface area contributed by atoms with E-state index in [-0.39, 0.29) is 37.7 Å². The third kappa shape index (κ3) is 6.43. The molecule has 0 bridgehead atoms. The topological polar surface area (TPSA) is 84.9 Å². The molecule has 1 amide bonds. The molecule has 1 rings (SSSR count). The summed E-state index contributed by atoms with van der Waals surface area (Å²) in [4.78, 5) is 23.7. The van der Waals surface area contributed by atoms with E-state index in [9.17, 15) is 9.59 Å². The molecule has 0 fully saturated rings. The number of amides is 1. The number of benzene rings is 1. The van der Waals surface area contributed by atoms with Gasteiger partial charge in [-0.1, -0.05) is 11.6 Å². The summed E-state index contributed by atoms with van der Waals surface area (Å²) in [6.07, 6.45) is 0.147. The Hall–Kier alpha value is -1.63. The second-order valence-corrected chi connectivity index (χ2v) is 4.89. The van der Waals surface area contributed by atoms with Crippen LogP contribution in [0.15, 0.2) is 18.2 Å². The van der Waals surface area contributed by atoms with E-state index in [1.165, 1.54) is 13.2 Å². The number of nitrogens with one attached hydrogen (secondary N) is 1. The number of rotatable bonds is 10. The van der Waals surface area contributed by atoms with Crippen molar-refractivity contribution in [2.45, 2.75) is 12.8 Å². The molecule has 0 aliphatic heterocycles. The van der Waals surface area contributed by atoms with Gasteiger partial charge in [0.1, 0.15) is 5.75 Å². The van der Waals surface area contributed by atoms with Gasteiger partial charge in [0.05, 0.1) is 32.5 Å². The summed E-state index contributed by atoms with van der Waals surface area (Å²) in [5.41, 5.74) is 0.370. The Bertz CT molecular complexity index is 507. The van der Waals surface area contributed by atoms with Gasteiger partial charge < -0.3 is 19.9 Å². The standard InChI is InChI=1S/C15H20ClNO5/c1-21-14-4-2-11(16)10-12(14)13(19)3-5-15(20)17-6-8-22-9-7-18/h2,4,10,18H,3,5-9H2,1H3,(H,17,20). The van der Waals surface area contributed by atoms with Crippen LogP contribution in [-0.2, 0) is 9.53 Å². The molecule has 0 spiro atoms. The van der Waals surface area contributed by atoms with Gasteiger partial charge in [0, 0.05) is 24.4 Å². The highest BCUT2D eigenvalue weighted by Gasteiger charge is 2.14. The molecule has 1 aromatic carbocycles. The maximum Gasteiger partial charge on any atom is 0.220 e. The average Bonchev–Trinajstić information content (AvgIpc) is 2.52. The first-order valence-electron chi connectivity index (χ1n) is 6.90. The van der Waals surface area contributed by atoms with Crippen LogP contribution in [0, 0.1) is 0 Å². The van der Waals surface area contributed by atoms with E-state index in [0.717, 1.165) is 0 Å². The Morgan fingerprint density at radius 1 is 1.27 bits per heavy atom. The van der Waals surface area contributed by atoms with Crippen LogP contribution in [0.25, 0.3) is 0 Å². The predicted octanol–water partition coefficient (Wildman–Crippen LogP) is 1.44.